The van der Waals surface area contributed by atoms with Crippen LogP contribution in [0.3, 0.4) is 0 Å². The Hall–Kier alpha value is -3.08. The van der Waals surface area contributed by atoms with Crippen LogP contribution >= 0.6 is 0 Å². The first-order valence-electron chi connectivity index (χ1n) is 9.19. The molecular formula is C22H22N2O3. The molecule has 0 fully saturated rings. The Morgan fingerprint density at radius 1 is 1.19 bits per heavy atom. The van der Waals surface area contributed by atoms with Crippen LogP contribution in [0.4, 0.5) is 0 Å². The number of carbonyl (C=O) groups excluding carboxylic acids is 2. The first-order valence-corrected chi connectivity index (χ1v) is 9.19. The van der Waals surface area contributed by atoms with Gasteiger partial charge >= 0.3 is 5.97 Å². The van der Waals surface area contributed by atoms with E-state index in [1.54, 1.807) is 24.3 Å². The third-order valence-electron chi connectivity index (χ3n) is 5.04. The average molecular weight is 362 g/mol. The molecule has 1 aliphatic carbocycles. The predicted octanol–water partition coefficient (Wildman–Crippen LogP) is 3.69. The van der Waals surface area contributed by atoms with Gasteiger partial charge in [-0.05, 0) is 55.7 Å². The molecule has 4 rings (SSSR count). The van der Waals surface area contributed by atoms with Crippen LogP contribution in [-0.4, -0.2) is 22.9 Å². The lowest BCUT2D eigenvalue weighted by molar-refractivity contribution is -0.131. The molecule has 0 aliphatic heterocycles. The second-order valence-electron chi connectivity index (χ2n) is 7.17. The zero-order chi connectivity index (χ0) is 19.0. The van der Waals surface area contributed by atoms with Gasteiger partial charge in [0.1, 0.15) is 5.75 Å². The molecule has 2 aromatic carbocycles. The molecule has 0 saturated heterocycles. The summed E-state index contributed by atoms with van der Waals surface area (Å²) in [4.78, 5) is 27.2. The van der Waals surface area contributed by atoms with Gasteiger partial charge in [0.25, 0.3) is 5.91 Å². The molecule has 1 aromatic heterocycles. The Morgan fingerprint density at radius 3 is 2.85 bits per heavy atom. The minimum atomic E-state index is -0.401. The Kier molecular flexibility index (Phi) is 4.44. The van der Waals surface area contributed by atoms with E-state index < -0.39 is 5.97 Å². The fourth-order valence-corrected chi connectivity index (χ4v) is 3.80. The molecule has 5 heteroatoms. The van der Waals surface area contributed by atoms with E-state index in [9.17, 15) is 9.59 Å². The number of aromatic nitrogens is 1. The summed E-state index contributed by atoms with van der Waals surface area (Å²) in [7, 11) is 0. The normalized spacial score (nSPS) is 16.0. The summed E-state index contributed by atoms with van der Waals surface area (Å²) in [6.45, 7) is 3.45. The highest BCUT2D eigenvalue weighted by atomic mass is 16.5. The van der Waals surface area contributed by atoms with Gasteiger partial charge in [-0.3, -0.25) is 9.59 Å². The summed E-state index contributed by atoms with van der Waals surface area (Å²) in [5.41, 5.74) is 5.49. The maximum atomic E-state index is 12.6. The summed E-state index contributed by atoms with van der Waals surface area (Å²) in [5, 5.41) is 4.41. The third-order valence-corrected chi connectivity index (χ3v) is 5.04. The molecule has 0 radical (unpaired) electrons. The lowest BCUT2D eigenvalue weighted by Gasteiger charge is -2.23. The van der Waals surface area contributed by atoms with Crippen molar-refractivity contribution in [3.8, 4) is 5.75 Å². The summed E-state index contributed by atoms with van der Waals surface area (Å²) in [5.74, 6) is -0.169. The van der Waals surface area contributed by atoms with Gasteiger partial charge in [-0.1, -0.05) is 17.7 Å². The molecule has 0 bridgehead atoms. The van der Waals surface area contributed by atoms with Gasteiger partial charge in [0.2, 0.25) is 0 Å². The first kappa shape index (κ1) is 17.3. The van der Waals surface area contributed by atoms with E-state index >= 15 is 0 Å². The topological polar surface area (TPSA) is 71.2 Å². The number of aromatic amines is 1. The van der Waals surface area contributed by atoms with Crippen LogP contribution in [-0.2, 0) is 17.6 Å². The summed E-state index contributed by atoms with van der Waals surface area (Å²) in [6, 6.07) is 13.2. The summed E-state index contributed by atoms with van der Waals surface area (Å²) in [6.07, 6.45) is 2.64. The highest BCUT2D eigenvalue weighted by Gasteiger charge is 2.24. The molecule has 1 atom stereocenters. The predicted molar refractivity (Wildman–Crippen MR) is 104 cm³/mol. The van der Waals surface area contributed by atoms with Crippen molar-refractivity contribution >= 4 is 22.8 Å². The largest absolute Gasteiger partial charge is 0.427 e. The molecule has 27 heavy (non-hydrogen) atoms. The van der Waals surface area contributed by atoms with Crippen molar-refractivity contribution in [3.63, 3.8) is 0 Å². The molecule has 5 nitrogen and oxygen atoms in total. The number of rotatable bonds is 3. The number of carbonyl (C=O) groups is 2. The molecular weight excluding hydrogens is 340 g/mol. The van der Waals surface area contributed by atoms with Crippen LogP contribution < -0.4 is 10.1 Å². The Morgan fingerprint density at radius 2 is 2.04 bits per heavy atom. The minimum absolute atomic E-state index is 0.0801. The van der Waals surface area contributed by atoms with Crippen LogP contribution in [0.1, 0.15) is 40.5 Å². The van der Waals surface area contributed by atoms with Gasteiger partial charge in [-0.15, -0.1) is 0 Å². The summed E-state index contributed by atoms with van der Waals surface area (Å²) < 4.78 is 5.06. The van der Waals surface area contributed by atoms with Crippen molar-refractivity contribution in [3.05, 3.63) is 64.8 Å². The third kappa shape index (κ3) is 3.58. The van der Waals surface area contributed by atoms with Crippen LogP contribution in [0, 0.1) is 6.92 Å². The molecule has 1 aliphatic rings. The Labute approximate surface area is 157 Å². The SMILES string of the molecule is CC(=O)Oc1cccc(C(=O)NC2CCc3c([nH]c4ccc(C)cc34)C2)c1. The second-order valence-corrected chi connectivity index (χ2v) is 7.17. The quantitative estimate of drug-likeness (QED) is 0.551. The fraction of sp³-hybridized carbons (Fsp3) is 0.273. The smallest absolute Gasteiger partial charge is 0.308 e. The number of ether oxygens (including phenoxy) is 1. The molecule has 138 valence electrons. The van der Waals surface area contributed by atoms with Gasteiger partial charge in [-0.2, -0.15) is 0 Å². The van der Waals surface area contributed by atoms with E-state index in [0.717, 1.165) is 24.8 Å². The molecule has 0 saturated carbocycles. The van der Waals surface area contributed by atoms with E-state index in [1.165, 1.54) is 29.1 Å². The van der Waals surface area contributed by atoms with Crippen LogP contribution in [0.25, 0.3) is 10.9 Å². The van der Waals surface area contributed by atoms with Crippen LogP contribution in [0.2, 0.25) is 0 Å². The van der Waals surface area contributed by atoms with E-state index in [-0.39, 0.29) is 11.9 Å². The van der Waals surface area contributed by atoms with Crippen molar-refractivity contribution in [2.24, 2.45) is 0 Å². The number of hydrogen-bond acceptors (Lipinski definition) is 3. The maximum Gasteiger partial charge on any atom is 0.308 e. The van der Waals surface area contributed by atoms with Crippen molar-refractivity contribution in [1.82, 2.24) is 10.3 Å². The maximum absolute atomic E-state index is 12.6. The van der Waals surface area contributed by atoms with Crippen molar-refractivity contribution in [1.29, 1.82) is 0 Å². The number of esters is 1. The Bertz CT molecular complexity index is 1040. The van der Waals surface area contributed by atoms with Crippen LogP contribution in [0.5, 0.6) is 5.75 Å². The van der Waals surface area contributed by atoms with E-state index in [2.05, 4.69) is 35.4 Å². The molecule has 0 spiro atoms. The van der Waals surface area contributed by atoms with Gasteiger partial charge in [-0.25, -0.2) is 0 Å². The van der Waals surface area contributed by atoms with Crippen molar-refractivity contribution < 1.29 is 14.3 Å². The monoisotopic (exact) mass is 362 g/mol. The van der Waals surface area contributed by atoms with Gasteiger partial charge in [0.05, 0.1) is 0 Å². The number of benzene rings is 2. The van der Waals surface area contributed by atoms with Crippen molar-refractivity contribution in [2.75, 3.05) is 0 Å². The number of nitrogens with one attached hydrogen (secondary N) is 2. The number of H-pyrrole nitrogens is 1. The zero-order valence-electron chi connectivity index (χ0n) is 15.5. The average Bonchev–Trinajstić information content (AvgIpc) is 2.98. The fourth-order valence-electron chi connectivity index (χ4n) is 3.80. The van der Waals surface area contributed by atoms with Crippen molar-refractivity contribution in [2.45, 2.75) is 39.2 Å². The highest BCUT2D eigenvalue weighted by molar-refractivity contribution is 5.95. The number of fused-ring (bicyclic) bond motifs is 3. The summed E-state index contributed by atoms with van der Waals surface area (Å²) >= 11 is 0. The van der Waals surface area contributed by atoms with E-state index in [0.29, 0.717) is 11.3 Å². The minimum Gasteiger partial charge on any atom is -0.427 e. The number of hydrogen-bond donors (Lipinski definition) is 2. The van der Waals surface area contributed by atoms with E-state index in [4.69, 9.17) is 4.74 Å². The first-order chi connectivity index (χ1) is 13.0. The number of amides is 1. The zero-order valence-corrected chi connectivity index (χ0v) is 15.5. The molecule has 1 amide bonds. The lowest BCUT2D eigenvalue weighted by Crippen LogP contribution is -2.38. The van der Waals surface area contributed by atoms with Gasteiger partial charge in [0.15, 0.2) is 0 Å². The number of aryl methyl sites for hydroxylation is 2. The molecule has 3 aromatic rings. The second kappa shape index (κ2) is 6.91. The molecule has 1 heterocycles. The van der Waals surface area contributed by atoms with Gasteiger partial charge in [0, 0.05) is 41.5 Å². The van der Waals surface area contributed by atoms with E-state index in [1.807, 2.05) is 0 Å². The van der Waals surface area contributed by atoms with Gasteiger partial charge < -0.3 is 15.0 Å². The standard InChI is InChI=1S/C22H22N2O3/c1-13-6-9-20-19(10-13)18-8-7-16(12-21(18)24-20)23-22(26)15-4-3-5-17(11-15)27-14(2)25/h3-6,9-11,16,24H,7-8,12H2,1-2H3,(H,23,26). The molecule has 2 N–H and O–H groups in total. The molecule has 1 unspecified atom stereocenters. The highest BCUT2D eigenvalue weighted by Crippen LogP contribution is 2.30. The lowest BCUT2D eigenvalue weighted by atomic mass is 9.91. The Balaban J connectivity index is 1.49. The van der Waals surface area contributed by atoms with Crippen LogP contribution in [0.15, 0.2) is 42.5 Å².